The minimum absolute atomic E-state index is 0.138. The predicted octanol–water partition coefficient (Wildman–Crippen LogP) is 5.10. The molecule has 1 atom stereocenters. The summed E-state index contributed by atoms with van der Waals surface area (Å²) in [6.45, 7) is 4.81. The minimum atomic E-state index is -0.597. The average Bonchev–Trinajstić information content (AvgIpc) is 2.74. The smallest absolute Gasteiger partial charge is 0.242 e. The summed E-state index contributed by atoms with van der Waals surface area (Å²) >= 11 is 12.6. The number of carbonyl (C=O) groups is 2. The van der Waals surface area contributed by atoms with Gasteiger partial charge in [0.1, 0.15) is 11.8 Å². The molecule has 2 aromatic rings. The summed E-state index contributed by atoms with van der Waals surface area (Å²) in [7, 11) is 0. The first-order valence-electron chi connectivity index (χ1n) is 10.2. The third kappa shape index (κ3) is 6.92. The van der Waals surface area contributed by atoms with Crippen LogP contribution in [0.3, 0.4) is 0 Å². The van der Waals surface area contributed by atoms with Gasteiger partial charge >= 0.3 is 0 Å². The fourth-order valence-electron chi connectivity index (χ4n) is 3.14. The van der Waals surface area contributed by atoms with Crippen LogP contribution in [0.4, 0.5) is 0 Å². The quantitative estimate of drug-likeness (QED) is 0.484. The molecule has 0 aromatic heterocycles. The topological polar surface area (TPSA) is 58.6 Å². The number of nitrogens with zero attached hydrogens (tertiary/aromatic N) is 1. The van der Waals surface area contributed by atoms with Gasteiger partial charge in [-0.3, -0.25) is 9.59 Å². The van der Waals surface area contributed by atoms with Crippen molar-refractivity contribution < 1.29 is 14.3 Å². The van der Waals surface area contributed by atoms with Crippen LogP contribution in [0.5, 0.6) is 5.75 Å². The third-order valence-corrected chi connectivity index (χ3v) is 5.38. The number of benzene rings is 2. The van der Waals surface area contributed by atoms with Crippen LogP contribution in [0.2, 0.25) is 10.0 Å². The van der Waals surface area contributed by atoms with Gasteiger partial charge in [0, 0.05) is 35.1 Å². The summed E-state index contributed by atoms with van der Waals surface area (Å²) in [6, 6.07) is 14.1. The number of hydrogen-bond donors (Lipinski definition) is 1. The van der Waals surface area contributed by atoms with E-state index in [0.717, 1.165) is 5.75 Å². The van der Waals surface area contributed by atoms with Crippen LogP contribution in [0.1, 0.15) is 38.7 Å². The van der Waals surface area contributed by atoms with Crippen molar-refractivity contribution >= 4 is 35.0 Å². The number of nitrogens with one attached hydrogen (secondary N) is 1. The van der Waals surface area contributed by atoms with Crippen molar-refractivity contribution in [3.05, 3.63) is 64.1 Å². The van der Waals surface area contributed by atoms with Crippen molar-refractivity contribution in [1.82, 2.24) is 10.2 Å². The Labute approximate surface area is 188 Å². The van der Waals surface area contributed by atoms with E-state index < -0.39 is 6.04 Å². The highest BCUT2D eigenvalue weighted by molar-refractivity contribution is 6.36. The second kappa shape index (κ2) is 12.5. The summed E-state index contributed by atoms with van der Waals surface area (Å²) in [6.07, 6.45) is 1.28. The molecule has 2 rings (SSSR count). The maximum Gasteiger partial charge on any atom is 0.242 e. The molecule has 30 heavy (non-hydrogen) atoms. The van der Waals surface area contributed by atoms with Gasteiger partial charge in [0.2, 0.25) is 11.8 Å². The minimum Gasteiger partial charge on any atom is -0.494 e. The summed E-state index contributed by atoms with van der Waals surface area (Å²) in [4.78, 5) is 27.3. The Morgan fingerprint density at radius 3 is 2.30 bits per heavy atom. The first kappa shape index (κ1) is 24.0. The molecule has 0 heterocycles. The molecule has 162 valence electrons. The Kier molecular flexibility index (Phi) is 9.98. The summed E-state index contributed by atoms with van der Waals surface area (Å²) in [5, 5.41) is 3.75. The number of carbonyl (C=O) groups excluding carboxylic acids is 2. The van der Waals surface area contributed by atoms with Crippen molar-refractivity contribution in [2.75, 3.05) is 13.2 Å². The van der Waals surface area contributed by atoms with Crippen LogP contribution < -0.4 is 10.1 Å². The van der Waals surface area contributed by atoms with E-state index in [1.165, 1.54) is 0 Å². The predicted molar refractivity (Wildman–Crippen MR) is 121 cm³/mol. The Bertz CT molecular complexity index is 810. The van der Waals surface area contributed by atoms with Gasteiger partial charge in [-0.15, -0.1) is 0 Å². The highest BCUT2D eigenvalue weighted by atomic mass is 35.5. The maximum atomic E-state index is 13.1. The molecular formula is C23H28Cl2N2O3. The number of rotatable bonds is 11. The summed E-state index contributed by atoms with van der Waals surface area (Å²) < 4.78 is 5.67. The number of halogens is 2. The Hall–Kier alpha value is -2.24. The number of ether oxygens (including phenoxy) is 1. The lowest BCUT2D eigenvalue weighted by Crippen LogP contribution is -2.49. The maximum absolute atomic E-state index is 13.1. The standard InChI is InChI=1S/C23H28Cl2N2O3/c1-3-21(23(29)26-4-2)27(16-18-19(24)12-8-13-20(18)25)22(28)14-9-15-30-17-10-6-5-7-11-17/h5-8,10-13,21H,3-4,9,14-16H2,1-2H3,(H,26,29)/t21-/m1/s1. The number of amides is 2. The molecule has 1 N–H and O–H groups in total. The molecule has 7 heteroatoms. The van der Waals surface area contributed by atoms with Crippen LogP contribution in [-0.4, -0.2) is 35.9 Å². The molecule has 0 unspecified atom stereocenters. The van der Waals surface area contributed by atoms with Gasteiger partial charge in [0.25, 0.3) is 0 Å². The highest BCUT2D eigenvalue weighted by Crippen LogP contribution is 2.27. The molecule has 0 radical (unpaired) electrons. The molecule has 0 aliphatic heterocycles. The van der Waals surface area contributed by atoms with E-state index in [2.05, 4.69) is 5.32 Å². The molecule has 0 saturated carbocycles. The van der Waals surface area contributed by atoms with Crippen molar-refractivity contribution in [2.24, 2.45) is 0 Å². The first-order valence-corrected chi connectivity index (χ1v) is 10.9. The Morgan fingerprint density at radius 2 is 1.70 bits per heavy atom. The molecule has 0 spiro atoms. The highest BCUT2D eigenvalue weighted by Gasteiger charge is 2.29. The van der Waals surface area contributed by atoms with E-state index in [0.29, 0.717) is 41.6 Å². The van der Waals surface area contributed by atoms with Crippen LogP contribution in [-0.2, 0) is 16.1 Å². The summed E-state index contributed by atoms with van der Waals surface area (Å²) in [5.74, 6) is 0.441. The molecule has 2 aromatic carbocycles. The van der Waals surface area contributed by atoms with E-state index in [9.17, 15) is 9.59 Å². The van der Waals surface area contributed by atoms with E-state index in [-0.39, 0.29) is 24.8 Å². The fraction of sp³-hybridized carbons (Fsp3) is 0.391. The van der Waals surface area contributed by atoms with Gasteiger partial charge in [0.05, 0.1) is 6.61 Å². The van der Waals surface area contributed by atoms with Gasteiger partial charge in [0.15, 0.2) is 0 Å². The number of para-hydroxylation sites is 1. The van der Waals surface area contributed by atoms with Gasteiger partial charge in [-0.1, -0.05) is 54.4 Å². The Morgan fingerprint density at radius 1 is 1.03 bits per heavy atom. The van der Waals surface area contributed by atoms with Crippen LogP contribution in [0, 0.1) is 0 Å². The zero-order valence-corrected chi connectivity index (χ0v) is 18.9. The molecule has 0 bridgehead atoms. The van der Waals surface area contributed by atoms with Gasteiger partial charge in [-0.2, -0.15) is 0 Å². The third-order valence-electron chi connectivity index (χ3n) is 4.67. The van der Waals surface area contributed by atoms with Crippen LogP contribution in [0.25, 0.3) is 0 Å². The van der Waals surface area contributed by atoms with Crippen LogP contribution >= 0.6 is 23.2 Å². The average molecular weight is 451 g/mol. The second-order valence-electron chi connectivity index (χ2n) is 6.81. The normalized spacial score (nSPS) is 11.6. The summed E-state index contributed by atoms with van der Waals surface area (Å²) in [5.41, 5.74) is 0.637. The fourth-order valence-corrected chi connectivity index (χ4v) is 3.66. The molecule has 2 amide bonds. The second-order valence-corrected chi connectivity index (χ2v) is 7.62. The van der Waals surface area contributed by atoms with E-state index in [1.807, 2.05) is 44.2 Å². The van der Waals surface area contributed by atoms with Crippen molar-refractivity contribution in [3.8, 4) is 5.75 Å². The van der Waals surface area contributed by atoms with E-state index >= 15 is 0 Å². The van der Waals surface area contributed by atoms with E-state index in [1.54, 1.807) is 23.1 Å². The van der Waals surface area contributed by atoms with Gasteiger partial charge < -0.3 is 15.0 Å². The Balaban J connectivity index is 2.10. The van der Waals surface area contributed by atoms with Gasteiger partial charge in [-0.25, -0.2) is 0 Å². The lowest BCUT2D eigenvalue weighted by atomic mass is 10.1. The molecule has 0 saturated heterocycles. The zero-order valence-electron chi connectivity index (χ0n) is 17.4. The monoisotopic (exact) mass is 450 g/mol. The number of likely N-dealkylation sites (N-methyl/N-ethyl adjacent to an activating group) is 1. The first-order chi connectivity index (χ1) is 14.5. The van der Waals surface area contributed by atoms with E-state index in [4.69, 9.17) is 27.9 Å². The lowest BCUT2D eigenvalue weighted by Gasteiger charge is -2.31. The van der Waals surface area contributed by atoms with Crippen molar-refractivity contribution in [3.63, 3.8) is 0 Å². The van der Waals surface area contributed by atoms with Crippen molar-refractivity contribution in [1.29, 1.82) is 0 Å². The SMILES string of the molecule is CCNC(=O)[C@@H](CC)N(Cc1c(Cl)cccc1Cl)C(=O)CCCOc1ccccc1. The van der Waals surface area contributed by atoms with Crippen molar-refractivity contribution in [2.45, 2.75) is 45.7 Å². The van der Waals surface area contributed by atoms with Crippen LogP contribution in [0.15, 0.2) is 48.5 Å². The lowest BCUT2D eigenvalue weighted by molar-refractivity contribution is -0.141. The molecule has 0 fully saturated rings. The number of hydrogen-bond acceptors (Lipinski definition) is 3. The molecule has 0 aliphatic carbocycles. The molecule has 0 aliphatic rings. The largest absolute Gasteiger partial charge is 0.494 e. The zero-order chi connectivity index (χ0) is 21.9. The molecular weight excluding hydrogens is 423 g/mol. The molecule has 5 nitrogen and oxygen atoms in total. The van der Waals surface area contributed by atoms with Gasteiger partial charge in [-0.05, 0) is 44.0 Å².